The number of carbonyl (C=O) groups excluding carboxylic acids is 1. The summed E-state index contributed by atoms with van der Waals surface area (Å²) in [6.45, 7) is 1.82. The van der Waals surface area contributed by atoms with Crippen molar-refractivity contribution in [1.29, 1.82) is 0 Å². The fraction of sp³-hybridized carbons (Fsp3) is 0.588. The van der Waals surface area contributed by atoms with Gasteiger partial charge in [-0.1, -0.05) is 11.6 Å². The molecule has 3 rings (SSSR count). The quantitative estimate of drug-likeness (QED) is 0.661. The number of fused-ring (bicyclic) bond motifs is 1. The third-order valence-electron chi connectivity index (χ3n) is 4.88. The maximum Gasteiger partial charge on any atom is 0.222 e. The zero-order chi connectivity index (χ0) is 15.5. The molecule has 0 radical (unpaired) electrons. The third-order valence-corrected chi connectivity index (χ3v) is 6.23. The van der Waals surface area contributed by atoms with E-state index in [0.29, 0.717) is 30.2 Å². The molecule has 5 heteroatoms. The highest BCUT2D eigenvalue weighted by Gasteiger charge is 2.42. The molecular weight excluding hydrogens is 316 g/mol. The Morgan fingerprint density at radius 1 is 1.27 bits per heavy atom. The maximum absolute atomic E-state index is 12.3. The monoisotopic (exact) mass is 338 g/mol. The molecule has 1 heterocycles. The van der Waals surface area contributed by atoms with Crippen LogP contribution in [0, 0.1) is 11.8 Å². The predicted octanol–water partition coefficient (Wildman–Crippen LogP) is 3.41. The van der Waals surface area contributed by atoms with Gasteiger partial charge in [-0.15, -0.1) is 11.8 Å². The van der Waals surface area contributed by atoms with Crippen LogP contribution in [0.3, 0.4) is 0 Å². The highest BCUT2D eigenvalue weighted by atomic mass is 35.5. The number of amides is 1. The zero-order valence-corrected chi connectivity index (χ0v) is 14.3. The lowest BCUT2D eigenvalue weighted by atomic mass is 9.98. The first-order valence-corrected chi connectivity index (χ1v) is 9.41. The van der Waals surface area contributed by atoms with Crippen LogP contribution in [0.4, 0.5) is 0 Å². The molecule has 2 N–H and O–H groups in total. The Labute approximate surface area is 141 Å². The van der Waals surface area contributed by atoms with E-state index in [-0.39, 0.29) is 0 Å². The summed E-state index contributed by atoms with van der Waals surface area (Å²) in [7, 11) is 0. The summed E-state index contributed by atoms with van der Waals surface area (Å²) in [6, 6.07) is 8.17. The van der Waals surface area contributed by atoms with Crippen molar-refractivity contribution in [1.82, 2.24) is 4.90 Å². The van der Waals surface area contributed by atoms with Crippen molar-refractivity contribution in [2.45, 2.75) is 36.6 Å². The average Bonchev–Trinajstić information content (AvgIpc) is 3.08. The van der Waals surface area contributed by atoms with Gasteiger partial charge in [-0.2, -0.15) is 0 Å². The van der Waals surface area contributed by atoms with Crippen LogP contribution < -0.4 is 5.73 Å². The van der Waals surface area contributed by atoms with Crippen molar-refractivity contribution in [3.05, 3.63) is 29.3 Å². The maximum atomic E-state index is 12.3. The van der Waals surface area contributed by atoms with E-state index in [1.165, 1.54) is 11.3 Å². The number of hydrogen-bond donors (Lipinski definition) is 1. The fourth-order valence-corrected chi connectivity index (χ4v) is 4.59. The van der Waals surface area contributed by atoms with E-state index in [2.05, 4.69) is 0 Å². The lowest BCUT2D eigenvalue weighted by Gasteiger charge is -2.18. The van der Waals surface area contributed by atoms with Gasteiger partial charge in [-0.05, 0) is 61.1 Å². The van der Waals surface area contributed by atoms with Crippen LogP contribution in [-0.4, -0.2) is 35.7 Å². The van der Waals surface area contributed by atoms with Gasteiger partial charge in [-0.25, -0.2) is 0 Å². The number of hydrogen-bond acceptors (Lipinski definition) is 3. The van der Waals surface area contributed by atoms with Crippen LogP contribution in [0.1, 0.15) is 25.7 Å². The predicted molar refractivity (Wildman–Crippen MR) is 92.2 cm³/mol. The summed E-state index contributed by atoms with van der Waals surface area (Å²) in [5.41, 5.74) is 6.13. The smallest absolute Gasteiger partial charge is 0.222 e. The van der Waals surface area contributed by atoms with Gasteiger partial charge in [0.2, 0.25) is 5.91 Å². The van der Waals surface area contributed by atoms with E-state index >= 15 is 0 Å². The van der Waals surface area contributed by atoms with Gasteiger partial charge in [0, 0.05) is 35.5 Å². The standard InChI is InChI=1S/C17H23ClN2OS/c18-13-4-6-14(7-5-13)22-9-1-2-17(21)20-10-12-3-8-16(19)15(12)11-20/h4-7,12,15-16H,1-3,8-11,19H2. The van der Waals surface area contributed by atoms with E-state index in [1.807, 2.05) is 29.2 Å². The number of carbonyl (C=O) groups is 1. The van der Waals surface area contributed by atoms with Crippen molar-refractivity contribution in [2.24, 2.45) is 17.6 Å². The molecule has 1 saturated heterocycles. The molecule has 1 amide bonds. The average molecular weight is 339 g/mol. The normalized spacial score (nSPS) is 27.2. The summed E-state index contributed by atoms with van der Waals surface area (Å²) >= 11 is 7.65. The van der Waals surface area contributed by atoms with Gasteiger partial charge in [0.25, 0.3) is 0 Å². The SMILES string of the molecule is NC1CCC2CN(C(=O)CCCSc3ccc(Cl)cc3)CC12. The molecule has 2 aliphatic rings. The Morgan fingerprint density at radius 2 is 2.05 bits per heavy atom. The summed E-state index contributed by atoms with van der Waals surface area (Å²) < 4.78 is 0. The molecular formula is C17H23ClN2OS. The minimum absolute atomic E-state index is 0.304. The molecule has 1 aliphatic carbocycles. The largest absolute Gasteiger partial charge is 0.342 e. The number of benzene rings is 1. The molecule has 1 aromatic carbocycles. The highest BCUT2D eigenvalue weighted by Crippen LogP contribution is 2.37. The number of halogens is 1. The molecule has 0 spiro atoms. The molecule has 1 aliphatic heterocycles. The highest BCUT2D eigenvalue weighted by molar-refractivity contribution is 7.99. The Hall–Kier alpha value is -0.710. The summed E-state index contributed by atoms with van der Waals surface area (Å²) in [4.78, 5) is 15.5. The molecule has 3 unspecified atom stereocenters. The van der Waals surface area contributed by atoms with Gasteiger partial charge < -0.3 is 10.6 Å². The van der Waals surface area contributed by atoms with Crippen LogP contribution in [0.25, 0.3) is 0 Å². The third kappa shape index (κ3) is 3.79. The van der Waals surface area contributed by atoms with Crippen molar-refractivity contribution in [3.63, 3.8) is 0 Å². The first-order chi connectivity index (χ1) is 10.6. The molecule has 120 valence electrons. The molecule has 1 aromatic rings. The van der Waals surface area contributed by atoms with E-state index in [9.17, 15) is 4.79 Å². The lowest BCUT2D eigenvalue weighted by molar-refractivity contribution is -0.130. The first kappa shape index (κ1) is 16.2. The second-order valence-electron chi connectivity index (χ2n) is 6.37. The zero-order valence-electron chi connectivity index (χ0n) is 12.7. The molecule has 0 bridgehead atoms. The molecule has 0 aromatic heterocycles. The van der Waals surface area contributed by atoms with Crippen molar-refractivity contribution in [2.75, 3.05) is 18.8 Å². The van der Waals surface area contributed by atoms with Gasteiger partial charge in [0.05, 0.1) is 0 Å². The minimum Gasteiger partial charge on any atom is -0.342 e. The Kier molecular flexibility index (Phi) is 5.32. The summed E-state index contributed by atoms with van der Waals surface area (Å²) in [5.74, 6) is 2.47. The van der Waals surface area contributed by atoms with Crippen LogP contribution in [0.15, 0.2) is 29.2 Å². The summed E-state index contributed by atoms with van der Waals surface area (Å²) in [5, 5.41) is 0.761. The second-order valence-corrected chi connectivity index (χ2v) is 7.97. The van der Waals surface area contributed by atoms with E-state index < -0.39 is 0 Å². The number of rotatable bonds is 5. The topological polar surface area (TPSA) is 46.3 Å². The summed E-state index contributed by atoms with van der Waals surface area (Å²) in [6.07, 6.45) is 3.90. The fourth-order valence-electron chi connectivity index (χ4n) is 3.61. The van der Waals surface area contributed by atoms with Crippen LogP contribution in [0.2, 0.25) is 5.02 Å². The Balaban J connectivity index is 1.37. The van der Waals surface area contributed by atoms with Crippen LogP contribution in [-0.2, 0) is 4.79 Å². The molecule has 3 atom stereocenters. The van der Waals surface area contributed by atoms with Gasteiger partial charge >= 0.3 is 0 Å². The Morgan fingerprint density at radius 3 is 2.77 bits per heavy atom. The molecule has 2 fully saturated rings. The van der Waals surface area contributed by atoms with Gasteiger partial charge in [0.1, 0.15) is 0 Å². The minimum atomic E-state index is 0.304. The Bertz CT molecular complexity index is 522. The van der Waals surface area contributed by atoms with Gasteiger partial charge in [0.15, 0.2) is 0 Å². The molecule has 1 saturated carbocycles. The lowest BCUT2D eigenvalue weighted by Crippen LogP contribution is -2.33. The number of thioether (sulfide) groups is 1. The van der Waals surface area contributed by atoms with Crippen LogP contribution in [0.5, 0.6) is 0 Å². The second kappa shape index (κ2) is 7.24. The van der Waals surface area contributed by atoms with Crippen molar-refractivity contribution < 1.29 is 4.79 Å². The number of likely N-dealkylation sites (tertiary alicyclic amines) is 1. The van der Waals surface area contributed by atoms with Crippen molar-refractivity contribution in [3.8, 4) is 0 Å². The number of nitrogens with zero attached hydrogens (tertiary/aromatic N) is 1. The molecule has 22 heavy (non-hydrogen) atoms. The first-order valence-electron chi connectivity index (χ1n) is 8.05. The van der Waals surface area contributed by atoms with E-state index in [0.717, 1.165) is 36.7 Å². The van der Waals surface area contributed by atoms with E-state index in [1.54, 1.807) is 11.8 Å². The van der Waals surface area contributed by atoms with Crippen molar-refractivity contribution >= 4 is 29.3 Å². The number of nitrogens with two attached hydrogens (primary N) is 1. The van der Waals surface area contributed by atoms with Gasteiger partial charge in [-0.3, -0.25) is 4.79 Å². The molecule has 3 nitrogen and oxygen atoms in total. The van der Waals surface area contributed by atoms with Crippen LogP contribution >= 0.6 is 23.4 Å². The van der Waals surface area contributed by atoms with E-state index in [4.69, 9.17) is 17.3 Å².